The minimum atomic E-state index is -4.71. The van der Waals surface area contributed by atoms with Crippen LogP contribution in [0.15, 0.2) is 12.1 Å². The Morgan fingerprint density at radius 1 is 1.44 bits per heavy atom. The predicted molar refractivity (Wildman–Crippen MR) is 50.8 cm³/mol. The summed E-state index contributed by atoms with van der Waals surface area (Å²) in [6.45, 7) is 0. The molecule has 0 spiro atoms. The fourth-order valence-corrected chi connectivity index (χ4v) is 1.32. The molecule has 0 saturated carbocycles. The summed E-state index contributed by atoms with van der Waals surface area (Å²) in [5, 5.41) is 17.5. The Balaban J connectivity index is 3.34. The van der Waals surface area contributed by atoms with E-state index in [2.05, 4.69) is 0 Å². The van der Waals surface area contributed by atoms with Gasteiger partial charge in [0.1, 0.15) is 11.8 Å². The van der Waals surface area contributed by atoms with Crippen molar-refractivity contribution in [2.75, 3.05) is 0 Å². The zero-order valence-electron chi connectivity index (χ0n) is 7.72. The van der Waals surface area contributed by atoms with Crippen LogP contribution in [0, 0.1) is 11.3 Å². The summed E-state index contributed by atoms with van der Waals surface area (Å²) in [6.07, 6.45) is -4.71. The van der Waals surface area contributed by atoms with Gasteiger partial charge in [0.25, 0.3) is 0 Å². The Morgan fingerprint density at radius 3 is 2.44 bits per heavy atom. The van der Waals surface area contributed by atoms with Crippen molar-refractivity contribution in [2.45, 2.75) is 12.2 Å². The molecule has 3 nitrogen and oxygen atoms in total. The van der Waals surface area contributed by atoms with Crippen LogP contribution in [0.4, 0.5) is 13.2 Å². The molecule has 0 bridgehead atoms. The van der Waals surface area contributed by atoms with Gasteiger partial charge in [0.05, 0.1) is 16.7 Å². The molecule has 0 aliphatic rings. The monoisotopic (exact) mass is 250 g/mol. The quantitative estimate of drug-likeness (QED) is 0.804. The lowest BCUT2D eigenvalue weighted by atomic mass is 10.0. The van der Waals surface area contributed by atoms with Crippen molar-refractivity contribution in [2.24, 2.45) is 5.73 Å². The van der Waals surface area contributed by atoms with Gasteiger partial charge in [-0.05, 0) is 12.1 Å². The van der Waals surface area contributed by atoms with Crippen LogP contribution < -0.4 is 5.73 Å². The van der Waals surface area contributed by atoms with E-state index in [1.807, 2.05) is 0 Å². The number of hydrogen-bond donors (Lipinski definition) is 2. The SMILES string of the molecule is N#Cc1cc(Cl)c(O)c([C@@H](N)C(F)(F)F)c1. The fraction of sp³-hybridized carbons (Fsp3) is 0.222. The van der Waals surface area contributed by atoms with Crippen LogP contribution in [0.1, 0.15) is 17.2 Å². The molecule has 1 aromatic rings. The van der Waals surface area contributed by atoms with Gasteiger partial charge in [-0.25, -0.2) is 0 Å². The average molecular weight is 251 g/mol. The first-order chi connectivity index (χ1) is 7.27. The van der Waals surface area contributed by atoms with Crippen LogP contribution in [0.25, 0.3) is 0 Å². The molecule has 86 valence electrons. The Morgan fingerprint density at radius 2 is 2.00 bits per heavy atom. The Hall–Kier alpha value is -1.45. The van der Waals surface area contributed by atoms with Gasteiger partial charge >= 0.3 is 6.18 Å². The third-order valence-corrected chi connectivity index (χ3v) is 2.20. The molecular formula is C9H6ClF3N2O. The van der Waals surface area contributed by atoms with Crippen LogP contribution >= 0.6 is 11.6 Å². The summed E-state index contributed by atoms with van der Waals surface area (Å²) in [5.41, 5.74) is 4.20. The molecule has 3 N–H and O–H groups in total. The number of nitriles is 1. The van der Waals surface area contributed by atoms with Crippen molar-refractivity contribution in [1.82, 2.24) is 0 Å². The Kier molecular flexibility index (Phi) is 3.31. The highest BCUT2D eigenvalue weighted by Crippen LogP contribution is 2.38. The molecule has 0 heterocycles. The van der Waals surface area contributed by atoms with Crippen molar-refractivity contribution in [3.8, 4) is 11.8 Å². The normalized spacial score (nSPS) is 13.2. The number of alkyl halides is 3. The molecule has 7 heteroatoms. The zero-order valence-corrected chi connectivity index (χ0v) is 8.47. The number of phenolic OH excluding ortho intramolecular Hbond substituents is 1. The van der Waals surface area contributed by atoms with Gasteiger partial charge in [0.2, 0.25) is 0 Å². The Labute approximate surface area is 93.9 Å². The van der Waals surface area contributed by atoms with E-state index in [1.165, 1.54) is 0 Å². The first kappa shape index (κ1) is 12.6. The number of phenols is 1. The van der Waals surface area contributed by atoms with E-state index in [0.717, 1.165) is 12.1 Å². The maximum atomic E-state index is 12.3. The lowest BCUT2D eigenvalue weighted by Gasteiger charge is -2.17. The summed E-state index contributed by atoms with van der Waals surface area (Å²) in [6, 6.07) is 1.17. The summed E-state index contributed by atoms with van der Waals surface area (Å²) in [4.78, 5) is 0. The number of halogens is 4. The first-order valence-corrected chi connectivity index (χ1v) is 4.40. The lowest BCUT2D eigenvalue weighted by Crippen LogP contribution is -2.28. The molecule has 0 aromatic heterocycles. The van der Waals surface area contributed by atoms with Gasteiger partial charge in [-0.3, -0.25) is 0 Å². The number of rotatable bonds is 1. The largest absolute Gasteiger partial charge is 0.506 e. The van der Waals surface area contributed by atoms with E-state index < -0.39 is 23.5 Å². The van der Waals surface area contributed by atoms with Gasteiger partial charge in [-0.1, -0.05) is 11.6 Å². The molecule has 0 fully saturated rings. The topological polar surface area (TPSA) is 70.0 Å². The highest BCUT2D eigenvalue weighted by molar-refractivity contribution is 6.32. The van der Waals surface area contributed by atoms with E-state index in [1.54, 1.807) is 6.07 Å². The second kappa shape index (κ2) is 4.20. The molecule has 0 amide bonds. The molecule has 16 heavy (non-hydrogen) atoms. The smallest absolute Gasteiger partial charge is 0.407 e. The summed E-state index contributed by atoms with van der Waals surface area (Å²) in [7, 11) is 0. The number of hydrogen-bond acceptors (Lipinski definition) is 3. The molecule has 1 atom stereocenters. The molecule has 0 aliphatic carbocycles. The van der Waals surface area contributed by atoms with E-state index >= 15 is 0 Å². The Bertz CT molecular complexity index is 453. The van der Waals surface area contributed by atoms with E-state index in [4.69, 9.17) is 22.6 Å². The number of benzene rings is 1. The van der Waals surface area contributed by atoms with Crippen molar-refractivity contribution in [3.63, 3.8) is 0 Å². The van der Waals surface area contributed by atoms with Gasteiger partial charge in [0.15, 0.2) is 0 Å². The molecular weight excluding hydrogens is 245 g/mol. The molecule has 1 aromatic carbocycles. The van der Waals surface area contributed by atoms with E-state index in [9.17, 15) is 18.3 Å². The third kappa shape index (κ3) is 2.38. The third-order valence-electron chi connectivity index (χ3n) is 1.91. The molecule has 0 unspecified atom stereocenters. The highest BCUT2D eigenvalue weighted by Gasteiger charge is 2.39. The minimum Gasteiger partial charge on any atom is -0.506 e. The summed E-state index contributed by atoms with van der Waals surface area (Å²) in [5.74, 6) is -0.759. The summed E-state index contributed by atoms with van der Waals surface area (Å²) < 4.78 is 37.0. The van der Waals surface area contributed by atoms with Crippen molar-refractivity contribution in [3.05, 3.63) is 28.3 Å². The van der Waals surface area contributed by atoms with Crippen molar-refractivity contribution in [1.29, 1.82) is 5.26 Å². The van der Waals surface area contributed by atoms with Gasteiger partial charge in [0, 0.05) is 5.56 Å². The van der Waals surface area contributed by atoms with E-state index in [0.29, 0.717) is 0 Å². The lowest BCUT2D eigenvalue weighted by molar-refractivity contribution is -0.149. The van der Waals surface area contributed by atoms with Crippen molar-refractivity contribution < 1.29 is 18.3 Å². The average Bonchev–Trinajstić information content (AvgIpc) is 2.19. The van der Waals surface area contributed by atoms with Gasteiger partial charge < -0.3 is 10.8 Å². The van der Waals surface area contributed by atoms with Crippen LogP contribution in [0.2, 0.25) is 5.02 Å². The maximum absolute atomic E-state index is 12.3. The second-order valence-corrected chi connectivity index (χ2v) is 3.43. The molecule has 0 radical (unpaired) electrons. The van der Waals surface area contributed by atoms with Gasteiger partial charge in [-0.15, -0.1) is 0 Å². The van der Waals surface area contributed by atoms with Gasteiger partial charge in [-0.2, -0.15) is 18.4 Å². The fourth-order valence-electron chi connectivity index (χ4n) is 1.10. The standard InChI is InChI=1S/C9H6ClF3N2O/c10-6-2-4(3-14)1-5(7(6)16)8(15)9(11,12)13/h1-2,8,16H,15H2/t8-/m1/s1. The van der Waals surface area contributed by atoms with Crippen molar-refractivity contribution >= 4 is 11.6 Å². The van der Waals surface area contributed by atoms with Crippen LogP contribution in [-0.4, -0.2) is 11.3 Å². The number of nitrogens with two attached hydrogens (primary N) is 1. The highest BCUT2D eigenvalue weighted by atomic mass is 35.5. The maximum Gasteiger partial charge on any atom is 0.407 e. The first-order valence-electron chi connectivity index (χ1n) is 4.02. The molecule has 0 saturated heterocycles. The van der Waals surface area contributed by atoms with Crippen LogP contribution in [0.5, 0.6) is 5.75 Å². The zero-order chi connectivity index (χ0) is 12.5. The molecule has 0 aliphatic heterocycles. The second-order valence-electron chi connectivity index (χ2n) is 3.03. The van der Waals surface area contributed by atoms with Crippen LogP contribution in [-0.2, 0) is 0 Å². The predicted octanol–water partition coefficient (Wildman–Crippen LogP) is 2.48. The molecule has 1 rings (SSSR count). The number of aromatic hydroxyl groups is 1. The van der Waals surface area contributed by atoms with E-state index in [-0.39, 0.29) is 10.6 Å². The van der Waals surface area contributed by atoms with Crippen LogP contribution in [0.3, 0.4) is 0 Å². The summed E-state index contributed by atoms with van der Waals surface area (Å²) >= 11 is 5.47. The number of nitrogens with zero attached hydrogens (tertiary/aromatic N) is 1. The minimum absolute atomic E-state index is 0.0995.